The topological polar surface area (TPSA) is 121 Å². The van der Waals surface area contributed by atoms with E-state index < -0.39 is 34.4 Å². The molecular formula is C31H28ClNO9. The summed E-state index contributed by atoms with van der Waals surface area (Å²) in [5.41, 5.74) is 1.44. The minimum absolute atomic E-state index is 0.0332. The maximum absolute atomic E-state index is 14.4. The molecule has 2 aliphatic carbocycles. The van der Waals surface area contributed by atoms with Crippen LogP contribution in [0.3, 0.4) is 0 Å². The van der Waals surface area contributed by atoms with E-state index in [-0.39, 0.29) is 45.4 Å². The first kappa shape index (κ1) is 29.0. The summed E-state index contributed by atoms with van der Waals surface area (Å²) in [5.74, 6) is -0.945. The van der Waals surface area contributed by atoms with Gasteiger partial charge in [0.2, 0.25) is 17.3 Å². The number of aliphatic hydroxyl groups excluding tert-OH is 1. The van der Waals surface area contributed by atoms with E-state index in [1.165, 1.54) is 59.8 Å². The third-order valence-electron chi connectivity index (χ3n) is 7.50. The lowest BCUT2D eigenvalue weighted by Gasteiger charge is -2.33. The van der Waals surface area contributed by atoms with Crippen LogP contribution in [0.1, 0.15) is 66.8 Å². The first-order valence-corrected chi connectivity index (χ1v) is 13.2. The number of halogens is 1. The fourth-order valence-corrected chi connectivity index (χ4v) is 5.70. The molecule has 0 radical (unpaired) electrons. The summed E-state index contributed by atoms with van der Waals surface area (Å²) in [4.78, 5) is 42.5. The highest BCUT2D eigenvalue weighted by Crippen LogP contribution is 2.57. The standard InChI is InChI=1S/C31H28ClNO9/c1-14-22-18(13-21(40-4)29(42-6)23(14)22)31(37)33(25-24(32)26(34)16-9-7-8-10-17(16)27(25)35)30(36)15-11-19(38-2)28(41-5)20(12-15)39-3/h7-14,31,37H,1-6H3. The van der Waals surface area contributed by atoms with Crippen molar-refractivity contribution in [1.82, 2.24) is 4.90 Å². The highest BCUT2D eigenvalue weighted by molar-refractivity contribution is 6.50. The fraction of sp³-hybridized carbons (Fsp3) is 0.258. The maximum atomic E-state index is 14.4. The number of hydrogen-bond acceptors (Lipinski definition) is 9. The fourth-order valence-electron chi connectivity index (χ4n) is 5.42. The molecule has 3 aromatic carbocycles. The second kappa shape index (κ2) is 11.0. The molecule has 2 aliphatic rings. The summed E-state index contributed by atoms with van der Waals surface area (Å²) in [5, 5.41) is 11.5. The molecule has 1 amide bonds. The Morgan fingerprint density at radius 3 is 1.86 bits per heavy atom. The van der Waals surface area contributed by atoms with Gasteiger partial charge >= 0.3 is 0 Å². The van der Waals surface area contributed by atoms with Gasteiger partial charge < -0.3 is 28.8 Å². The van der Waals surface area contributed by atoms with Crippen LogP contribution in [0, 0.1) is 0 Å². The van der Waals surface area contributed by atoms with E-state index in [1.807, 2.05) is 6.92 Å². The van der Waals surface area contributed by atoms with Gasteiger partial charge in [0.05, 0.1) is 35.5 Å². The smallest absolute Gasteiger partial charge is 0.261 e. The third-order valence-corrected chi connectivity index (χ3v) is 7.85. The maximum Gasteiger partial charge on any atom is 0.261 e. The minimum atomic E-state index is -1.76. The van der Waals surface area contributed by atoms with E-state index in [1.54, 1.807) is 18.2 Å². The molecule has 0 bridgehead atoms. The first-order valence-electron chi connectivity index (χ1n) is 12.8. The first-order chi connectivity index (χ1) is 20.1. The summed E-state index contributed by atoms with van der Waals surface area (Å²) in [6.45, 7) is 1.91. The van der Waals surface area contributed by atoms with Crippen LogP contribution >= 0.6 is 11.6 Å². The van der Waals surface area contributed by atoms with Gasteiger partial charge in [-0.15, -0.1) is 0 Å². The molecule has 0 spiro atoms. The van der Waals surface area contributed by atoms with Gasteiger partial charge in [-0.3, -0.25) is 19.3 Å². The molecule has 10 nitrogen and oxygen atoms in total. The molecule has 0 saturated carbocycles. The number of carbonyl (C=O) groups excluding carboxylic acids is 3. The molecule has 218 valence electrons. The minimum Gasteiger partial charge on any atom is -0.493 e. The van der Waals surface area contributed by atoms with Crippen molar-refractivity contribution >= 4 is 29.1 Å². The van der Waals surface area contributed by atoms with E-state index >= 15 is 0 Å². The van der Waals surface area contributed by atoms with Gasteiger partial charge in [-0.1, -0.05) is 42.8 Å². The van der Waals surface area contributed by atoms with Gasteiger partial charge in [0.25, 0.3) is 5.91 Å². The zero-order valence-electron chi connectivity index (χ0n) is 23.7. The van der Waals surface area contributed by atoms with Crippen LogP contribution in [0.4, 0.5) is 0 Å². The molecule has 5 rings (SSSR count). The number of hydrogen-bond donors (Lipinski definition) is 1. The number of nitrogens with zero attached hydrogens (tertiary/aromatic N) is 1. The van der Waals surface area contributed by atoms with Crippen LogP contribution < -0.4 is 23.7 Å². The predicted molar refractivity (Wildman–Crippen MR) is 152 cm³/mol. The Hall–Kier alpha value is -4.54. The Kier molecular flexibility index (Phi) is 7.61. The van der Waals surface area contributed by atoms with Crippen molar-refractivity contribution in [2.45, 2.75) is 19.1 Å². The number of fused-ring (bicyclic) bond motifs is 2. The summed E-state index contributed by atoms with van der Waals surface area (Å²) >= 11 is 6.56. The summed E-state index contributed by atoms with van der Waals surface area (Å²) in [6.07, 6.45) is -1.76. The number of Topliss-reactive ketones (excluding diaryl/α,β-unsaturated/α-hetero) is 2. The molecule has 0 heterocycles. The van der Waals surface area contributed by atoms with Crippen LogP contribution in [-0.4, -0.2) is 63.0 Å². The lowest BCUT2D eigenvalue weighted by atomic mass is 9.91. The van der Waals surface area contributed by atoms with Crippen molar-refractivity contribution in [1.29, 1.82) is 0 Å². The highest BCUT2D eigenvalue weighted by atomic mass is 35.5. The van der Waals surface area contributed by atoms with Crippen LogP contribution in [0.15, 0.2) is 53.2 Å². The van der Waals surface area contributed by atoms with Crippen LogP contribution in [-0.2, 0) is 0 Å². The van der Waals surface area contributed by atoms with Crippen molar-refractivity contribution in [2.75, 3.05) is 35.5 Å². The Bertz CT molecular complexity index is 1650. The Morgan fingerprint density at radius 1 is 0.810 bits per heavy atom. The SMILES string of the molecule is COc1cc(C(=O)N(C2=C(Cl)C(=O)c3ccccc3C2=O)C(O)c2cc(OC)c(OC)c3c2C3C)cc(OC)c1OC. The monoisotopic (exact) mass is 593 g/mol. The van der Waals surface area contributed by atoms with E-state index in [0.717, 1.165) is 16.0 Å². The predicted octanol–water partition coefficient (Wildman–Crippen LogP) is 4.86. The molecule has 0 aliphatic heterocycles. The van der Waals surface area contributed by atoms with Crippen LogP contribution in [0.2, 0.25) is 0 Å². The number of ketones is 2. The molecular weight excluding hydrogens is 566 g/mol. The number of rotatable bonds is 9. The Morgan fingerprint density at radius 2 is 1.33 bits per heavy atom. The number of carbonyl (C=O) groups is 3. The molecule has 1 N–H and O–H groups in total. The summed E-state index contributed by atoms with van der Waals surface area (Å²) < 4.78 is 27.2. The number of aliphatic hydroxyl groups is 1. The Balaban J connectivity index is 1.74. The molecule has 0 fully saturated rings. The largest absolute Gasteiger partial charge is 0.493 e. The number of ether oxygens (including phenoxy) is 5. The van der Waals surface area contributed by atoms with Crippen molar-refractivity contribution in [3.63, 3.8) is 0 Å². The average molecular weight is 594 g/mol. The molecule has 2 unspecified atom stereocenters. The number of allylic oxidation sites excluding steroid dienone is 2. The zero-order valence-corrected chi connectivity index (χ0v) is 24.5. The van der Waals surface area contributed by atoms with Crippen LogP contribution in [0.25, 0.3) is 0 Å². The molecule has 0 aromatic heterocycles. The molecule has 11 heteroatoms. The van der Waals surface area contributed by atoms with E-state index in [2.05, 4.69) is 0 Å². The summed E-state index contributed by atoms with van der Waals surface area (Å²) in [6, 6.07) is 10.4. The second-order valence-electron chi connectivity index (χ2n) is 9.58. The Labute approximate surface area is 246 Å². The van der Waals surface area contributed by atoms with Crippen molar-refractivity contribution in [3.8, 4) is 28.7 Å². The van der Waals surface area contributed by atoms with Crippen molar-refractivity contribution in [3.05, 3.63) is 86.6 Å². The van der Waals surface area contributed by atoms with Gasteiger partial charge in [0, 0.05) is 33.7 Å². The lowest BCUT2D eigenvalue weighted by Crippen LogP contribution is -2.40. The van der Waals surface area contributed by atoms with Crippen LogP contribution in [0.5, 0.6) is 28.7 Å². The number of benzene rings is 3. The van der Waals surface area contributed by atoms with Gasteiger partial charge in [0.1, 0.15) is 10.7 Å². The molecule has 3 aromatic rings. The lowest BCUT2D eigenvalue weighted by molar-refractivity contribution is 0.0206. The molecule has 42 heavy (non-hydrogen) atoms. The van der Waals surface area contributed by atoms with Gasteiger partial charge in [0.15, 0.2) is 29.2 Å². The quantitative estimate of drug-likeness (QED) is 0.347. The van der Waals surface area contributed by atoms with Gasteiger partial charge in [-0.05, 0) is 23.8 Å². The third kappa shape index (κ3) is 4.34. The number of amides is 1. The zero-order chi connectivity index (χ0) is 30.5. The van der Waals surface area contributed by atoms with E-state index in [4.69, 9.17) is 35.3 Å². The van der Waals surface area contributed by atoms with E-state index in [0.29, 0.717) is 11.5 Å². The average Bonchev–Trinajstić information content (AvgIpc) is 3.69. The second-order valence-corrected chi connectivity index (χ2v) is 9.96. The summed E-state index contributed by atoms with van der Waals surface area (Å²) in [7, 11) is 7.15. The van der Waals surface area contributed by atoms with Crippen molar-refractivity contribution in [2.24, 2.45) is 0 Å². The number of methoxy groups -OCH3 is 5. The van der Waals surface area contributed by atoms with Gasteiger partial charge in [-0.25, -0.2) is 0 Å². The molecule has 2 atom stereocenters. The van der Waals surface area contributed by atoms with Crippen molar-refractivity contribution < 1.29 is 43.2 Å². The normalized spacial score (nSPS) is 15.9. The molecule has 0 saturated heterocycles. The van der Waals surface area contributed by atoms with E-state index in [9.17, 15) is 19.5 Å². The van der Waals surface area contributed by atoms with Gasteiger partial charge in [-0.2, -0.15) is 0 Å². The highest BCUT2D eigenvalue weighted by Gasteiger charge is 2.45.